The summed E-state index contributed by atoms with van der Waals surface area (Å²) in [5, 5.41) is 0. The van der Waals surface area contributed by atoms with Gasteiger partial charge in [-0.3, -0.25) is 9.59 Å². The molecule has 2 aromatic rings. The van der Waals surface area contributed by atoms with Crippen molar-refractivity contribution in [3.8, 4) is 11.6 Å². The van der Waals surface area contributed by atoms with Crippen LogP contribution in [0, 0.1) is 23.2 Å². The number of alkyl halides is 2. The molecule has 246 valence electrons. The minimum absolute atomic E-state index is 0.0940. The van der Waals surface area contributed by atoms with Gasteiger partial charge in [-0.25, -0.2) is 18.7 Å². The number of amides is 1. The van der Waals surface area contributed by atoms with Gasteiger partial charge in [-0.2, -0.15) is 0 Å². The molecule has 0 radical (unpaired) electrons. The third-order valence-corrected chi connectivity index (χ3v) is 9.77. The molecule has 11 heteroatoms. The van der Waals surface area contributed by atoms with Gasteiger partial charge in [-0.15, -0.1) is 0 Å². The lowest BCUT2D eigenvalue weighted by molar-refractivity contribution is -0.157. The summed E-state index contributed by atoms with van der Waals surface area (Å²) in [4.78, 5) is 50.9. The zero-order valence-corrected chi connectivity index (χ0v) is 26.7. The van der Waals surface area contributed by atoms with Crippen molar-refractivity contribution >= 4 is 29.2 Å². The maximum atomic E-state index is 14.2. The molecule has 2 fully saturated rings. The second-order valence-electron chi connectivity index (χ2n) is 13.8. The van der Waals surface area contributed by atoms with Crippen LogP contribution >= 0.6 is 0 Å². The molecule has 1 saturated carbocycles. The van der Waals surface area contributed by atoms with E-state index in [4.69, 9.17) is 24.2 Å². The number of nitrogens with zero attached hydrogens (tertiary/aromatic N) is 3. The first-order valence-electron chi connectivity index (χ1n) is 16.2. The van der Waals surface area contributed by atoms with Crippen molar-refractivity contribution in [1.82, 2.24) is 14.9 Å². The first kappa shape index (κ1) is 33.0. The van der Waals surface area contributed by atoms with Crippen molar-refractivity contribution in [3.63, 3.8) is 0 Å². The van der Waals surface area contributed by atoms with Crippen LogP contribution in [0.3, 0.4) is 0 Å². The fourth-order valence-corrected chi connectivity index (χ4v) is 7.23. The van der Waals surface area contributed by atoms with E-state index in [2.05, 4.69) is 0 Å². The molecule has 1 amide bonds. The van der Waals surface area contributed by atoms with Crippen LogP contribution in [0.1, 0.15) is 84.3 Å². The number of aromatic nitrogens is 2. The number of aldehydes is 1. The van der Waals surface area contributed by atoms with Gasteiger partial charge in [0.15, 0.2) is 0 Å². The number of esters is 1. The van der Waals surface area contributed by atoms with E-state index in [1.165, 1.54) is 4.90 Å². The lowest BCUT2D eigenvalue weighted by Gasteiger charge is -2.34. The summed E-state index contributed by atoms with van der Waals surface area (Å²) < 4.78 is 45.7. The number of carbonyl (C=O) groups excluding carboxylic acids is 3. The van der Waals surface area contributed by atoms with Gasteiger partial charge in [0, 0.05) is 18.4 Å². The van der Waals surface area contributed by atoms with Gasteiger partial charge in [0.2, 0.25) is 18.2 Å². The molecule has 2 aliphatic heterocycles. The Hall–Kier alpha value is -3.37. The zero-order chi connectivity index (χ0) is 32.3. The Morgan fingerprint density at radius 3 is 2.51 bits per heavy atom. The molecule has 0 unspecified atom stereocenters. The van der Waals surface area contributed by atoms with Gasteiger partial charge in [0.25, 0.3) is 0 Å². The fourth-order valence-electron chi connectivity index (χ4n) is 7.23. The quantitative estimate of drug-likeness (QED) is 0.302. The van der Waals surface area contributed by atoms with Crippen LogP contribution in [0.5, 0.6) is 11.6 Å². The highest BCUT2D eigenvalue weighted by atomic mass is 19.3. The molecular weight excluding hydrogens is 584 g/mol. The van der Waals surface area contributed by atoms with E-state index in [9.17, 15) is 23.2 Å². The van der Waals surface area contributed by atoms with Crippen LogP contribution in [0.2, 0.25) is 0 Å². The standard InChI is InChI=1S/C34H45F2N3O6/c1-34(2,3)23-17-31(41)44-28-12-8-10-20(28)9-6-5-7-11-25-32(38-26-15-21(43-4)13-14-24(26)37-25)45-29-18-39(33(23)42)27(19-40)22(29)16-30(35)36/h13-15,19-20,22-23,27-30H,5-12,16-18H2,1-4H3/t20-,22+,23-,27-,28-,29+/m1/s1. The summed E-state index contributed by atoms with van der Waals surface area (Å²) in [6, 6.07) is 4.21. The third kappa shape index (κ3) is 7.55. The predicted molar refractivity (Wildman–Crippen MR) is 163 cm³/mol. The van der Waals surface area contributed by atoms with Crippen LogP contribution in [-0.4, -0.2) is 71.4 Å². The normalized spacial score (nSPS) is 28.6. The number of rotatable bonds is 4. The molecule has 0 spiro atoms. The highest BCUT2D eigenvalue weighted by molar-refractivity contribution is 5.87. The fraction of sp³-hybridized carbons (Fsp3) is 0.676. The molecule has 0 N–H and O–H groups in total. The number of fused-ring (bicyclic) bond motifs is 5. The van der Waals surface area contributed by atoms with Gasteiger partial charge in [-0.1, -0.05) is 33.6 Å². The molecular formula is C34H45F2N3O6. The maximum Gasteiger partial charge on any atom is 0.306 e. The zero-order valence-electron chi connectivity index (χ0n) is 26.7. The average Bonchev–Trinajstić information content (AvgIpc) is 3.57. The van der Waals surface area contributed by atoms with E-state index in [0.29, 0.717) is 35.2 Å². The topological polar surface area (TPSA) is 108 Å². The Labute approximate surface area is 263 Å². The SMILES string of the molecule is COc1ccc2nc3c(nc2c1)O[C@H]1CN(C(=O)[C@H](C(C)(C)C)CC(=O)O[C@@H]2CCC[C@H]2CCCCC3)[C@H](C=O)[C@@H]1CC(F)F. The van der Waals surface area contributed by atoms with Crippen molar-refractivity contribution in [1.29, 1.82) is 0 Å². The van der Waals surface area contributed by atoms with Crippen LogP contribution in [-0.2, 0) is 25.5 Å². The monoisotopic (exact) mass is 629 g/mol. The summed E-state index contributed by atoms with van der Waals surface area (Å²) in [6.07, 6.45) is 2.94. The number of halogens is 2. The van der Waals surface area contributed by atoms with Crippen molar-refractivity contribution in [3.05, 3.63) is 23.9 Å². The first-order chi connectivity index (χ1) is 21.5. The largest absolute Gasteiger partial charge is 0.497 e. The number of hydrogen-bond donors (Lipinski definition) is 0. The molecule has 1 aromatic carbocycles. The van der Waals surface area contributed by atoms with Crippen molar-refractivity contribution in [2.45, 2.75) is 110 Å². The number of hydrogen-bond acceptors (Lipinski definition) is 8. The number of methoxy groups -OCH3 is 1. The van der Waals surface area contributed by atoms with Gasteiger partial charge >= 0.3 is 5.97 Å². The van der Waals surface area contributed by atoms with Crippen molar-refractivity contribution < 1.29 is 37.4 Å². The van der Waals surface area contributed by atoms with E-state index >= 15 is 0 Å². The highest BCUT2D eigenvalue weighted by Crippen LogP contribution is 2.39. The lowest BCUT2D eigenvalue weighted by atomic mass is 9.77. The van der Waals surface area contributed by atoms with Crippen LogP contribution in [0.15, 0.2) is 18.2 Å². The summed E-state index contributed by atoms with van der Waals surface area (Å²) in [7, 11) is 1.55. The number of carbonyl (C=O) groups is 3. The molecule has 1 saturated heterocycles. The Kier molecular flexibility index (Phi) is 10.2. The Balaban J connectivity index is 1.55. The summed E-state index contributed by atoms with van der Waals surface area (Å²) in [5.41, 5.74) is 1.13. The molecule has 5 rings (SSSR count). The van der Waals surface area contributed by atoms with Gasteiger partial charge in [0.1, 0.15) is 29.9 Å². The summed E-state index contributed by atoms with van der Waals surface area (Å²) >= 11 is 0. The molecule has 6 atom stereocenters. The molecule has 3 aliphatic rings. The lowest BCUT2D eigenvalue weighted by Crippen LogP contribution is -2.46. The number of ether oxygens (including phenoxy) is 3. The van der Waals surface area contributed by atoms with Gasteiger partial charge in [0.05, 0.1) is 43.1 Å². The van der Waals surface area contributed by atoms with E-state index in [0.717, 1.165) is 44.9 Å². The summed E-state index contributed by atoms with van der Waals surface area (Å²) in [5.74, 6) is -1.60. The van der Waals surface area contributed by atoms with E-state index in [-0.39, 0.29) is 30.9 Å². The Morgan fingerprint density at radius 2 is 1.80 bits per heavy atom. The molecule has 1 aromatic heterocycles. The highest BCUT2D eigenvalue weighted by Gasteiger charge is 2.50. The second-order valence-corrected chi connectivity index (χ2v) is 13.8. The van der Waals surface area contributed by atoms with Gasteiger partial charge < -0.3 is 23.9 Å². The number of aryl methyl sites for hydroxylation is 1. The van der Waals surface area contributed by atoms with Crippen molar-refractivity contribution in [2.24, 2.45) is 23.2 Å². The average molecular weight is 630 g/mol. The maximum absolute atomic E-state index is 14.2. The molecule has 9 nitrogen and oxygen atoms in total. The van der Waals surface area contributed by atoms with E-state index < -0.39 is 54.1 Å². The minimum Gasteiger partial charge on any atom is -0.497 e. The minimum atomic E-state index is -2.72. The van der Waals surface area contributed by atoms with Crippen molar-refractivity contribution in [2.75, 3.05) is 13.7 Å². The van der Waals surface area contributed by atoms with Crippen LogP contribution in [0.25, 0.3) is 11.0 Å². The predicted octanol–water partition coefficient (Wildman–Crippen LogP) is 5.95. The molecule has 2 bridgehead atoms. The Bertz CT molecular complexity index is 1380. The summed E-state index contributed by atoms with van der Waals surface area (Å²) in [6.45, 7) is 5.47. The third-order valence-electron chi connectivity index (χ3n) is 9.77. The first-order valence-corrected chi connectivity index (χ1v) is 16.2. The molecule has 45 heavy (non-hydrogen) atoms. The van der Waals surface area contributed by atoms with Gasteiger partial charge in [-0.05, 0) is 62.0 Å². The van der Waals surface area contributed by atoms with Crippen LogP contribution < -0.4 is 9.47 Å². The molecule has 1 aliphatic carbocycles. The van der Waals surface area contributed by atoms with E-state index in [1.54, 1.807) is 19.2 Å². The molecule has 3 heterocycles. The Morgan fingerprint density at radius 1 is 1.02 bits per heavy atom. The second kappa shape index (κ2) is 14.0. The number of benzene rings is 1. The smallest absolute Gasteiger partial charge is 0.306 e. The van der Waals surface area contributed by atoms with Crippen LogP contribution in [0.4, 0.5) is 8.78 Å². The van der Waals surface area contributed by atoms with E-state index in [1.807, 2.05) is 26.8 Å².